The third-order valence-electron chi connectivity index (χ3n) is 3.36. The highest BCUT2D eigenvalue weighted by molar-refractivity contribution is 5.82. The van der Waals surface area contributed by atoms with Crippen LogP contribution in [-0.4, -0.2) is 18.0 Å². The number of alkyl halides is 3. The van der Waals surface area contributed by atoms with Gasteiger partial charge in [0, 0.05) is 19.1 Å². The van der Waals surface area contributed by atoms with Gasteiger partial charge in [-0.15, -0.1) is 0 Å². The number of nitrogens with one attached hydrogen (secondary N) is 1. The first-order chi connectivity index (χ1) is 11.4. The van der Waals surface area contributed by atoms with Crippen LogP contribution >= 0.6 is 0 Å². The van der Waals surface area contributed by atoms with Gasteiger partial charge in [0.25, 0.3) is 5.91 Å². The van der Waals surface area contributed by atoms with Crippen molar-refractivity contribution in [2.75, 3.05) is 7.11 Å². The molecule has 1 unspecified atom stereocenters. The van der Waals surface area contributed by atoms with Gasteiger partial charge in [0.15, 0.2) is 12.0 Å². The Kier molecular flexibility index (Phi) is 5.61. The Labute approximate surface area is 136 Å². The molecule has 0 aliphatic heterocycles. The molecule has 8 heteroatoms. The fourth-order valence-corrected chi connectivity index (χ4v) is 2.22. The average Bonchev–Trinajstić information content (AvgIpc) is 3.01. The van der Waals surface area contributed by atoms with Gasteiger partial charge in [-0.1, -0.05) is 25.1 Å². The van der Waals surface area contributed by atoms with E-state index in [-0.39, 0.29) is 12.1 Å². The van der Waals surface area contributed by atoms with Gasteiger partial charge in [-0.05, 0) is 6.07 Å². The minimum absolute atomic E-state index is 0.0138. The largest absolute Gasteiger partial charge is 0.444 e. The molecule has 1 N–H and O–H groups in total. The highest BCUT2D eigenvalue weighted by Crippen LogP contribution is 2.35. The lowest BCUT2D eigenvalue weighted by Gasteiger charge is -2.19. The van der Waals surface area contributed by atoms with Crippen molar-refractivity contribution in [2.45, 2.75) is 32.2 Å². The quantitative estimate of drug-likeness (QED) is 0.875. The van der Waals surface area contributed by atoms with Crippen molar-refractivity contribution in [3.63, 3.8) is 0 Å². The van der Waals surface area contributed by atoms with Crippen molar-refractivity contribution in [3.8, 4) is 0 Å². The number of benzene rings is 1. The van der Waals surface area contributed by atoms with Crippen LogP contribution in [0.3, 0.4) is 0 Å². The maximum atomic E-state index is 13.1. The molecule has 0 aliphatic rings. The first-order valence-corrected chi connectivity index (χ1v) is 7.27. The summed E-state index contributed by atoms with van der Waals surface area (Å²) in [6.07, 6.45) is -3.89. The molecule has 0 spiro atoms. The van der Waals surface area contributed by atoms with Crippen LogP contribution in [0.5, 0.6) is 0 Å². The van der Waals surface area contributed by atoms with Gasteiger partial charge in [0.2, 0.25) is 0 Å². The number of hydrogen-bond acceptors (Lipinski definition) is 4. The second-order valence-corrected chi connectivity index (χ2v) is 4.99. The van der Waals surface area contributed by atoms with Crippen LogP contribution in [0.1, 0.15) is 35.8 Å². The number of carbonyl (C=O) groups excluding carboxylic acids is 1. The van der Waals surface area contributed by atoms with E-state index in [4.69, 9.17) is 9.15 Å². The van der Waals surface area contributed by atoms with E-state index >= 15 is 0 Å². The van der Waals surface area contributed by atoms with Gasteiger partial charge in [-0.2, -0.15) is 13.2 Å². The molecule has 1 aromatic heterocycles. The molecule has 1 heterocycles. The van der Waals surface area contributed by atoms with E-state index in [0.29, 0.717) is 18.1 Å². The number of nitrogens with zero attached hydrogens (tertiary/aromatic N) is 1. The predicted octanol–water partition coefficient (Wildman–Crippen LogP) is 3.26. The van der Waals surface area contributed by atoms with E-state index in [1.807, 2.05) is 6.92 Å². The van der Waals surface area contributed by atoms with Crippen LogP contribution in [-0.2, 0) is 28.7 Å². The third kappa shape index (κ3) is 4.14. The van der Waals surface area contributed by atoms with Crippen molar-refractivity contribution >= 4 is 5.91 Å². The van der Waals surface area contributed by atoms with E-state index in [1.165, 1.54) is 31.5 Å². The lowest BCUT2D eigenvalue weighted by atomic mass is 10.0. The van der Waals surface area contributed by atoms with Gasteiger partial charge in [0.1, 0.15) is 5.76 Å². The third-order valence-corrected chi connectivity index (χ3v) is 3.36. The van der Waals surface area contributed by atoms with Crippen LogP contribution < -0.4 is 5.32 Å². The summed E-state index contributed by atoms with van der Waals surface area (Å²) in [5, 5.41) is 2.50. The fraction of sp³-hybridized carbons (Fsp3) is 0.375. The lowest BCUT2D eigenvalue weighted by molar-refractivity contribution is -0.141. The highest BCUT2D eigenvalue weighted by atomic mass is 19.4. The number of methoxy groups -OCH3 is 1. The summed E-state index contributed by atoms with van der Waals surface area (Å²) in [4.78, 5) is 16.2. The van der Waals surface area contributed by atoms with Crippen LogP contribution in [0.15, 0.2) is 34.9 Å². The van der Waals surface area contributed by atoms with Crippen molar-refractivity contribution in [1.82, 2.24) is 10.3 Å². The van der Waals surface area contributed by atoms with Crippen molar-refractivity contribution in [3.05, 3.63) is 53.2 Å². The van der Waals surface area contributed by atoms with E-state index in [0.717, 1.165) is 6.07 Å². The van der Waals surface area contributed by atoms with Gasteiger partial charge in [-0.25, -0.2) is 4.98 Å². The maximum absolute atomic E-state index is 13.1. The number of carbonyl (C=O) groups is 1. The molecule has 130 valence electrons. The standard InChI is InChI=1S/C16H17F3N2O3/c1-3-13-20-8-10(24-13)9-21-15(22)14(23-2)11-6-4-5-7-12(11)16(17,18)19/h4-8,14H,3,9H2,1-2H3,(H,21,22). The molecule has 0 radical (unpaired) electrons. The zero-order valence-electron chi connectivity index (χ0n) is 13.2. The van der Waals surface area contributed by atoms with Crippen LogP contribution in [0, 0.1) is 0 Å². The molecule has 1 atom stereocenters. The van der Waals surface area contributed by atoms with Crippen molar-refractivity contribution in [1.29, 1.82) is 0 Å². The van der Waals surface area contributed by atoms with Crippen molar-refractivity contribution in [2.24, 2.45) is 0 Å². The molecule has 5 nitrogen and oxygen atoms in total. The molecule has 2 rings (SSSR count). The van der Waals surface area contributed by atoms with Gasteiger partial charge >= 0.3 is 6.18 Å². The summed E-state index contributed by atoms with van der Waals surface area (Å²) in [6, 6.07) is 4.82. The number of oxazole rings is 1. The Morgan fingerprint density at radius 3 is 2.67 bits per heavy atom. The minimum Gasteiger partial charge on any atom is -0.444 e. The predicted molar refractivity (Wildman–Crippen MR) is 78.9 cm³/mol. The zero-order chi connectivity index (χ0) is 17.7. The van der Waals surface area contributed by atoms with Gasteiger partial charge in [0.05, 0.1) is 18.3 Å². The smallest absolute Gasteiger partial charge is 0.416 e. The Balaban J connectivity index is 2.15. The first-order valence-electron chi connectivity index (χ1n) is 7.27. The summed E-state index contributed by atoms with van der Waals surface area (Å²) in [5.41, 5.74) is -1.14. The average molecular weight is 342 g/mol. The molecular formula is C16H17F3N2O3. The monoisotopic (exact) mass is 342 g/mol. The van der Waals surface area contributed by atoms with E-state index in [9.17, 15) is 18.0 Å². The number of aromatic nitrogens is 1. The number of amides is 1. The Hall–Kier alpha value is -2.35. The fourth-order valence-electron chi connectivity index (χ4n) is 2.22. The van der Waals surface area contributed by atoms with E-state index in [1.54, 1.807) is 0 Å². The number of rotatable bonds is 6. The maximum Gasteiger partial charge on any atom is 0.416 e. The second kappa shape index (κ2) is 7.48. The molecule has 0 aliphatic carbocycles. The first kappa shape index (κ1) is 18.0. The summed E-state index contributed by atoms with van der Waals surface area (Å²) in [5.74, 6) is 0.243. The molecule has 2 aromatic rings. The summed E-state index contributed by atoms with van der Waals surface area (Å²) < 4.78 is 49.6. The van der Waals surface area contributed by atoms with Gasteiger partial charge < -0.3 is 14.5 Å². The molecular weight excluding hydrogens is 325 g/mol. The Morgan fingerprint density at radius 2 is 2.08 bits per heavy atom. The minimum atomic E-state index is -4.57. The molecule has 0 saturated carbocycles. The number of hydrogen-bond donors (Lipinski definition) is 1. The highest BCUT2D eigenvalue weighted by Gasteiger charge is 2.36. The Bertz CT molecular complexity index is 698. The normalized spacial score (nSPS) is 12.9. The van der Waals surface area contributed by atoms with E-state index in [2.05, 4.69) is 10.3 Å². The molecule has 0 fully saturated rings. The van der Waals surface area contributed by atoms with Crippen LogP contribution in [0.2, 0.25) is 0 Å². The molecule has 0 saturated heterocycles. The summed E-state index contributed by atoms with van der Waals surface area (Å²) >= 11 is 0. The Morgan fingerprint density at radius 1 is 1.38 bits per heavy atom. The molecule has 1 amide bonds. The number of halogens is 3. The van der Waals surface area contributed by atoms with Gasteiger partial charge in [-0.3, -0.25) is 4.79 Å². The zero-order valence-corrected chi connectivity index (χ0v) is 13.2. The number of aryl methyl sites for hydroxylation is 1. The summed E-state index contributed by atoms with van der Waals surface area (Å²) in [6.45, 7) is 1.88. The van der Waals surface area contributed by atoms with Crippen LogP contribution in [0.4, 0.5) is 13.2 Å². The summed E-state index contributed by atoms with van der Waals surface area (Å²) in [7, 11) is 1.18. The molecule has 24 heavy (non-hydrogen) atoms. The van der Waals surface area contributed by atoms with E-state index < -0.39 is 23.8 Å². The molecule has 1 aromatic carbocycles. The lowest BCUT2D eigenvalue weighted by Crippen LogP contribution is -2.31. The topological polar surface area (TPSA) is 64.4 Å². The van der Waals surface area contributed by atoms with Crippen LogP contribution in [0.25, 0.3) is 0 Å². The van der Waals surface area contributed by atoms with Crippen molar-refractivity contribution < 1.29 is 27.1 Å². The SMILES string of the molecule is CCc1ncc(CNC(=O)C(OC)c2ccccc2C(F)(F)F)o1. The molecule has 0 bridgehead atoms. The second-order valence-electron chi connectivity index (χ2n) is 4.99. The number of ether oxygens (including phenoxy) is 1.